The molecule has 4 rings (SSSR count). The molecule has 1 saturated heterocycles. The van der Waals surface area contributed by atoms with E-state index in [1.54, 1.807) is 48.5 Å². The average Bonchev–Trinajstić information content (AvgIpc) is 3.41. The molecule has 0 radical (unpaired) electrons. The van der Waals surface area contributed by atoms with Crippen molar-refractivity contribution in [3.63, 3.8) is 0 Å². The number of carbonyl (C=O) groups excluding carboxylic acids is 3. The molecule has 162 valence electrons. The van der Waals surface area contributed by atoms with Crippen LogP contribution in [0.1, 0.15) is 33.3 Å². The lowest BCUT2D eigenvalue weighted by Crippen LogP contribution is -2.29. The van der Waals surface area contributed by atoms with E-state index in [-0.39, 0.29) is 17.9 Å². The first-order valence-electron chi connectivity index (χ1n) is 9.65. The molecule has 1 fully saturated rings. The van der Waals surface area contributed by atoms with Crippen LogP contribution < -0.4 is 0 Å². The molecule has 1 aliphatic heterocycles. The van der Waals surface area contributed by atoms with Gasteiger partial charge in [0.25, 0.3) is 11.7 Å². The van der Waals surface area contributed by atoms with Gasteiger partial charge in [-0.2, -0.15) is 0 Å². The highest BCUT2D eigenvalue weighted by atomic mass is 35.5. The van der Waals surface area contributed by atoms with Crippen molar-refractivity contribution in [2.24, 2.45) is 0 Å². The second kappa shape index (κ2) is 8.72. The molecular weight excluding hydrogens is 434 g/mol. The van der Waals surface area contributed by atoms with Crippen LogP contribution in [0.15, 0.2) is 76.9 Å². The number of methoxy groups -OCH3 is 1. The predicted octanol–water partition coefficient (Wildman–Crippen LogP) is 4.34. The van der Waals surface area contributed by atoms with Crippen LogP contribution in [0.25, 0.3) is 5.76 Å². The second-order valence-corrected chi connectivity index (χ2v) is 7.56. The van der Waals surface area contributed by atoms with Gasteiger partial charge < -0.3 is 19.2 Å². The molecule has 7 nitrogen and oxygen atoms in total. The van der Waals surface area contributed by atoms with Crippen molar-refractivity contribution in [3.8, 4) is 0 Å². The van der Waals surface area contributed by atoms with E-state index in [1.165, 1.54) is 30.4 Å². The number of benzene rings is 2. The molecule has 3 aromatic rings. The number of Topliss-reactive ketones (excluding diaryl/α,β-unsaturated/α-hetero) is 1. The van der Waals surface area contributed by atoms with E-state index in [0.29, 0.717) is 27.5 Å². The lowest BCUT2D eigenvalue weighted by atomic mass is 9.94. The molecule has 0 spiro atoms. The first-order valence-corrected chi connectivity index (χ1v) is 10.0. The van der Waals surface area contributed by atoms with Crippen molar-refractivity contribution in [2.45, 2.75) is 12.6 Å². The van der Waals surface area contributed by atoms with E-state index in [4.69, 9.17) is 20.8 Å². The molecular formula is C24H18ClNO6. The number of likely N-dealkylation sites (tertiary alicyclic amines) is 1. The molecule has 1 aliphatic rings. The number of furan rings is 1. The van der Waals surface area contributed by atoms with Gasteiger partial charge in [-0.05, 0) is 54.1 Å². The van der Waals surface area contributed by atoms with Crippen LogP contribution in [0.4, 0.5) is 0 Å². The Balaban J connectivity index is 1.84. The minimum Gasteiger partial charge on any atom is -0.507 e. The summed E-state index contributed by atoms with van der Waals surface area (Å²) in [6, 6.07) is 15.1. The number of aliphatic hydroxyl groups excluding tert-OH is 1. The lowest BCUT2D eigenvalue weighted by molar-refractivity contribution is -0.140. The van der Waals surface area contributed by atoms with Crippen molar-refractivity contribution in [3.05, 3.63) is 100.0 Å². The summed E-state index contributed by atoms with van der Waals surface area (Å²) in [4.78, 5) is 39.0. The van der Waals surface area contributed by atoms with E-state index < -0.39 is 23.7 Å². The molecule has 0 bridgehead atoms. The van der Waals surface area contributed by atoms with Gasteiger partial charge >= 0.3 is 5.97 Å². The summed E-state index contributed by atoms with van der Waals surface area (Å²) in [5.41, 5.74) is 1.15. The van der Waals surface area contributed by atoms with E-state index in [2.05, 4.69) is 0 Å². The summed E-state index contributed by atoms with van der Waals surface area (Å²) >= 11 is 5.93. The summed E-state index contributed by atoms with van der Waals surface area (Å²) in [7, 11) is 1.28. The maximum Gasteiger partial charge on any atom is 0.337 e. The van der Waals surface area contributed by atoms with Crippen molar-refractivity contribution >= 4 is 35.0 Å². The van der Waals surface area contributed by atoms with Crippen LogP contribution in [-0.2, 0) is 20.9 Å². The molecule has 0 saturated carbocycles. The van der Waals surface area contributed by atoms with Gasteiger partial charge in [-0.15, -0.1) is 0 Å². The Morgan fingerprint density at radius 3 is 2.31 bits per heavy atom. The normalized spacial score (nSPS) is 17.6. The third-order valence-corrected chi connectivity index (χ3v) is 5.46. The summed E-state index contributed by atoms with van der Waals surface area (Å²) in [5.74, 6) is -1.93. The molecule has 1 atom stereocenters. The highest BCUT2D eigenvalue weighted by molar-refractivity contribution is 6.46. The molecule has 1 aromatic heterocycles. The first kappa shape index (κ1) is 21.4. The second-order valence-electron chi connectivity index (χ2n) is 7.13. The summed E-state index contributed by atoms with van der Waals surface area (Å²) < 4.78 is 10.1. The monoisotopic (exact) mass is 451 g/mol. The van der Waals surface area contributed by atoms with Gasteiger partial charge in [-0.25, -0.2) is 4.79 Å². The first-order chi connectivity index (χ1) is 15.4. The minimum absolute atomic E-state index is 0.0262. The molecule has 1 amide bonds. The van der Waals surface area contributed by atoms with E-state index >= 15 is 0 Å². The Kier molecular flexibility index (Phi) is 5.83. The van der Waals surface area contributed by atoms with Crippen LogP contribution in [-0.4, -0.2) is 34.8 Å². The quantitative estimate of drug-likeness (QED) is 0.268. The zero-order valence-corrected chi connectivity index (χ0v) is 17.7. The topological polar surface area (TPSA) is 97.0 Å². The number of rotatable bonds is 5. The number of amides is 1. The van der Waals surface area contributed by atoms with E-state index in [9.17, 15) is 19.5 Å². The smallest absolute Gasteiger partial charge is 0.337 e. The fraction of sp³-hybridized carbons (Fsp3) is 0.125. The van der Waals surface area contributed by atoms with Gasteiger partial charge in [-0.3, -0.25) is 9.59 Å². The standard InChI is InChI=1S/C24H18ClNO6/c1-31-24(30)16-6-4-14(5-7-16)20-19(21(27)15-8-10-17(25)11-9-15)22(28)23(29)26(20)13-18-3-2-12-32-18/h2-12,20,27H,13H2,1H3/t20-/m1/s1. The third kappa shape index (κ3) is 3.90. The Hall–Kier alpha value is -3.84. The van der Waals surface area contributed by atoms with Crippen molar-refractivity contribution < 1.29 is 28.6 Å². The predicted molar refractivity (Wildman–Crippen MR) is 116 cm³/mol. The van der Waals surface area contributed by atoms with Crippen molar-refractivity contribution in [1.82, 2.24) is 4.90 Å². The zero-order chi connectivity index (χ0) is 22.8. The molecule has 1 N–H and O–H groups in total. The SMILES string of the molecule is COC(=O)c1ccc([C@@H]2C(=C(O)c3ccc(Cl)cc3)C(=O)C(=O)N2Cc2ccco2)cc1. The number of ether oxygens (including phenoxy) is 1. The minimum atomic E-state index is -0.887. The molecule has 0 unspecified atom stereocenters. The molecule has 32 heavy (non-hydrogen) atoms. The molecule has 2 heterocycles. The summed E-state index contributed by atoms with van der Waals surface area (Å²) in [6.07, 6.45) is 1.47. The Labute approximate surface area is 188 Å². The van der Waals surface area contributed by atoms with Gasteiger partial charge in [0.1, 0.15) is 11.5 Å². The number of nitrogens with zero attached hydrogens (tertiary/aromatic N) is 1. The van der Waals surface area contributed by atoms with Gasteiger partial charge in [0.15, 0.2) is 0 Å². The Morgan fingerprint density at radius 1 is 1.06 bits per heavy atom. The van der Waals surface area contributed by atoms with Gasteiger partial charge in [0.05, 0.1) is 37.1 Å². The van der Waals surface area contributed by atoms with Gasteiger partial charge in [0, 0.05) is 10.6 Å². The van der Waals surface area contributed by atoms with Crippen LogP contribution in [0.3, 0.4) is 0 Å². The Morgan fingerprint density at radius 2 is 1.72 bits per heavy atom. The number of ketones is 1. The number of carbonyl (C=O) groups is 3. The number of esters is 1. The van der Waals surface area contributed by atoms with Crippen LogP contribution in [0.5, 0.6) is 0 Å². The van der Waals surface area contributed by atoms with Crippen molar-refractivity contribution in [1.29, 1.82) is 0 Å². The largest absolute Gasteiger partial charge is 0.507 e. The zero-order valence-electron chi connectivity index (χ0n) is 16.9. The fourth-order valence-corrected chi connectivity index (χ4v) is 3.77. The third-order valence-electron chi connectivity index (χ3n) is 5.21. The van der Waals surface area contributed by atoms with Gasteiger partial charge in [0.2, 0.25) is 0 Å². The van der Waals surface area contributed by atoms with E-state index in [1.807, 2.05) is 0 Å². The number of hydrogen-bond acceptors (Lipinski definition) is 6. The average molecular weight is 452 g/mol. The highest BCUT2D eigenvalue weighted by Gasteiger charge is 2.46. The summed E-state index contributed by atoms with van der Waals surface area (Å²) in [6.45, 7) is 0.0262. The number of aliphatic hydroxyl groups is 1. The van der Waals surface area contributed by atoms with Crippen molar-refractivity contribution in [2.75, 3.05) is 7.11 Å². The van der Waals surface area contributed by atoms with E-state index in [0.717, 1.165) is 0 Å². The van der Waals surface area contributed by atoms with Crippen LogP contribution >= 0.6 is 11.6 Å². The number of halogens is 1. The molecule has 2 aromatic carbocycles. The summed E-state index contributed by atoms with van der Waals surface area (Å²) in [5, 5.41) is 11.5. The van der Waals surface area contributed by atoms with Crippen LogP contribution in [0, 0.1) is 0 Å². The Bertz CT molecular complexity index is 1200. The molecule has 0 aliphatic carbocycles. The van der Waals surface area contributed by atoms with Crippen LogP contribution in [0.2, 0.25) is 5.02 Å². The maximum atomic E-state index is 13.0. The number of hydrogen-bond donors (Lipinski definition) is 1. The maximum absolute atomic E-state index is 13.0. The molecule has 8 heteroatoms. The van der Waals surface area contributed by atoms with Gasteiger partial charge in [-0.1, -0.05) is 23.7 Å². The fourth-order valence-electron chi connectivity index (χ4n) is 3.64. The highest BCUT2D eigenvalue weighted by Crippen LogP contribution is 2.40. The lowest BCUT2D eigenvalue weighted by Gasteiger charge is -2.24.